The molecule has 0 rings (SSSR count). The molecule has 0 heterocycles. The molecule has 0 aliphatic carbocycles. The monoisotopic (exact) mass is 202 g/mol. The molecule has 0 aromatic heterocycles. The van der Waals surface area contributed by atoms with Crippen LogP contribution in [0.1, 0.15) is 71.1 Å². The summed E-state index contributed by atoms with van der Waals surface area (Å²) in [6.45, 7) is 6.08. The van der Waals surface area contributed by atoms with E-state index in [4.69, 9.17) is 0 Å². The minimum absolute atomic E-state index is 0. The molecule has 0 amide bonds. The first kappa shape index (κ1) is 17.7. The molecule has 0 fully saturated rings. The fourth-order valence-corrected chi connectivity index (χ4v) is 1.57. The van der Waals surface area contributed by atoms with Crippen LogP contribution in [0.5, 0.6) is 0 Å². The molecule has 0 unspecified atom stereocenters. The molecule has 0 saturated carbocycles. The maximum atomic E-state index is 3.81. The van der Waals surface area contributed by atoms with Crippen LogP contribution in [0.2, 0.25) is 0 Å². The van der Waals surface area contributed by atoms with Crippen LogP contribution in [-0.4, -0.2) is 0 Å². The van der Waals surface area contributed by atoms with Gasteiger partial charge in [0, 0.05) is 0 Å². The number of unbranched alkanes of at least 4 members (excludes halogenated alkanes) is 8. The quantitative estimate of drug-likeness (QED) is 0.221. The summed E-state index contributed by atoms with van der Waals surface area (Å²) in [5, 5.41) is 0. The largest absolute Gasteiger partial charge is 1.00 e. The minimum atomic E-state index is 0. The molecule has 15 heavy (non-hydrogen) atoms. The average Bonchev–Trinajstić information content (AvgIpc) is 2.21. The zero-order valence-electron chi connectivity index (χ0n) is 10.9. The Kier molecular flexibility index (Phi) is 19.8. The Morgan fingerprint density at radius 3 is 1.93 bits per heavy atom. The third-order valence-corrected chi connectivity index (χ3v) is 2.51. The smallest absolute Gasteiger partial charge is 0.343 e. The SMILES string of the molecule is [CH2-]CC/C=C/CCCCCCCCC.[Li+]. The van der Waals surface area contributed by atoms with Crippen LogP contribution in [0.25, 0.3) is 0 Å². The summed E-state index contributed by atoms with van der Waals surface area (Å²) in [5.74, 6) is 0. The second kappa shape index (κ2) is 16.8. The molecule has 0 saturated heterocycles. The van der Waals surface area contributed by atoms with Gasteiger partial charge in [-0.3, -0.25) is 0 Å². The molecule has 0 radical (unpaired) electrons. The molecule has 1 heteroatoms. The van der Waals surface area contributed by atoms with Gasteiger partial charge in [0.25, 0.3) is 0 Å². The number of rotatable bonds is 10. The van der Waals surface area contributed by atoms with E-state index < -0.39 is 0 Å². The minimum Gasteiger partial charge on any atom is -0.343 e. The molecule has 0 aromatic rings. The number of hydrogen-bond donors (Lipinski definition) is 0. The molecule has 0 N–H and O–H groups in total. The van der Waals surface area contributed by atoms with E-state index >= 15 is 0 Å². The van der Waals surface area contributed by atoms with Crippen LogP contribution < -0.4 is 18.9 Å². The Hall–Kier alpha value is 0.337. The average molecular weight is 202 g/mol. The van der Waals surface area contributed by atoms with Gasteiger partial charge in [-0.25, -0.2) is 0 Å². The molecule has 0 aliphatic heterocycles. The fourth-order valence-electron chi connectivity index (χ4n) is 1.57. The van der Waals surface area contributed by atoms with Gasteiger partial charge >= 0.3 is 18.9 Å². The standard InChI is InChI=1S/C14H27.Li/c1-3-5-7-9-11-13-14-12-10-8-6-4-2;/h7,9H,1,3-6,8,10-14H2,2H3;/q-1;+1/b9-7+;. The third kappa shape index (κ3) is 17.0. The zero-order chi connectivity index (χ0) is 10.5. The first-order valence-electron chi connectivity index (χ1n) is 6.36. The normalized spacial score (nSPS) is 10.5. The predicted octanol–water partition coefficient (Wildman–Crippen LogP) is 2.30. The van der Waals surface area contributed by atoms with Gasteiger partial charge in [0.05, 0.1) is 0 Å². The third-order valence-electron chi connectivity index (χ3n) is 2.51. The van der Waals surface area contributed by atoms with E-state index in [0.717, 1.165) is 12.8 Å². The van der Waals surface area contributed by atoms with Crippen LogP contribution in [0, 0.1) is 6.92 Å². The predicted molar refractivity (Wildman–Crippen MR) is 66.3 cm³/mol. The Morgan fingerprint density at radius 2 is 1.33 bits per heavy atom. The van der Waals surface area contributed by atoms with Crippen LogP contribution in [-0.2, 0) is 0 Å². The number of hydrogen-bond acceptors (Lipinski definition) is 0. The van der Waals surface area contributed by atoms with Gasteiger partial charge in [-0.15, -0.1) is 0 Å². The van der Waals surface area contributed by atoms with Crippen LogP contribution in [0.4, 0.5) is 0 Å². The van der Waals surface area contributed by atoms with E-state index in [1.54, 1.807) is 0 Å². The second-order valence-corrected chi connectivity index (χ2v) is 4.02. The van der Waals surface area contributed by atoms with Crippen molar-refractivity contribution in [3.8, 4) is 0 Å². The summed E-state index contributed by atoms with van der Waals surface area (Å²) in [6, 6.07) is 0. The van der Waals surface area contributed by atoms with Crippen LogP contribution in [0.15, 0.2) is 12.2 Å². The van der Waals surface area contributed by atoms with Gasteiger partial charge in [-0.2, -0.15) is 6.42 Å². The van der Waals surface area contributed by atoms with Gasteiger partial charge in [-0.05, 0) is 12.8 Å². The summed E-state index contributed by atoms with van der Waals surface area (Å²) >= 11 is 0. The van der Waals surface area contributed by atoms with E-state index in [9.17, 15) is 0 Å². The molecular formula is C14H27Li. The Labute approximate surface area is 109 Å². The van der Waals surface area contributed by atoms with Crippen molar-refractivity contribution < 1.29 is 18.9 Å². The summed E-state index contributed by atoms with van der Waals surface area (Å²) < 4.78 is 0. The summed E-state index contributed by atoms with van der Waals surface area (Å²) in [5.41, 5.74) is 0. The molecular weight excluding hydrogens is 175 g/mol. The van der Waals surface area contributed by atoms with Crippen molar-refractivity contribution in [2.45, 2.75) is 71.1 Å². The molecule has 0 nitrogen and oxygen atoms in total. The molecule has 0 aliphatic rings. The molecule has 0 spiro atoms. The summed E-state index contributed by atoms with van der Waals surface area (Å²) in [7, 11) is 0. The maximum absolute atomic E-state index is 3.81. The second-order valence-electron chi connectivity index (χ2n) is 4.02. The summed E-state index contributed by atoms with van der Waals surface area (Å²) in [4.78, 5) is 0. The van der Waals surface area contributed by atoms with Gasteiger partial charge in [0.2, 0.25) is 0 Å². The fraction of sp³-hybridized carbons (Fsp3) is 0.786. The van der Waals surface area contributed by atoms with Crippen molar-refractivity contribution >= 4 is 0 Å². The zero-order valence-corrected chi connectivity index (χ0v) is 10.9. The van der Waals surface area contributed by atoms with Crippen molar-refractivity contribution in [3.63, 3.8) is 0 Å². The van der Waals surface area contributed by atoms with Crippen molar-refractivity contribution in [3.05, 3.63) is 19.1 Å². The van der Waals surface area contributed by atoms with Crippen molar-refractivity contribution in [1.29, 1.82) is 0 Å². The van der Waals surface area contributed by atoms with Gasteiger partial charge < -0.3 is 6.92 Å². The Balaban J connectivity index is 0. The molecule has 84 valence electrons. The Bertz CT molecular complexity index is 119. The van der Waals surface area contributed by atoms with Crippen LogP contribution >= 0.6 is 0 Å². The van der Waals surface area contributed by atoms with Crippen molar-refractivity contribution in [2.24, 2.45) is 0 Å². The molecule has 0 atom stereocenters. The first-order chi connectivity index (χ1) is 6.91. The van der Waals surface area contributed by atoms with Crippen LogP contribution in [0.3, 0.4) is 0 Å². The van der Waals surface area contributed by atoms with E-state index in [0.29, 0.717) is 0 Å². The molecule has 0 aromatic carbocycles. The van der Waals surface area contributed by atoms with E-state index in [-0.39, 0.29) is 18.9 Å². The van der Waals surface area contributed by atoms with Gasteiger partial charge in [0.1, 0.15) is 0 Å². The maximum Gasteiger partial charge on any atom is 1.00 e. The first-order valence-corrected chi connectivity index (χ1v) is 6.36. The van der Waals surface area contributed by atoms with E-state index in [1.807, 2.05) is 0 Å². The molecule has 0 bridgehead atoms. The van der Waals surface area contributed by atoms with E-state index in [1.165, 1.54) is 51.4 Å². The Morgan fingerprint density at radius 1 is 0.800 bits per heavy atom. The van der Waals surface area contributed by atoms with Crippen molar-refractivity contribution in [2.75, 3.05) is 0 Å². The topological polar surface area (TPSA) is 0 Å². The van der Waals surface area contributed by atoms with Gasteiger partial charge in [0.15, 0.2) is 0 Å². The summed E-state index contributed by atoms with van der Waals surface area (Å²) in [6.07, 6.45) is 17.9. The van der Waals surface area contributed by atoms with Crippen molar-refractivity contribution in [1.82, 2.24) is 0 Å². The van der Waals surface area contributed by atoms with Gasteiger partial charge in [-0.1, -0.05) is 64.0 Å². The van der Waals surface area contributed by atoms with E-state index in [2.05, 4.69) is 26.0 Å². The number of allylic oxidation sites excluding steroid dienone is 2.